The Hall–Kier alpha value is -3.40. The van der Waals surface area contributed by atoms with Crippen molar-refractivity contribution in [3.8, 4) is 0 Å². The van der Waals surface area contributed by atoms with Crippen molar-refractivity contribution in [2.75, 3.05) is 5.32 Å². The Labute approximate surface area is 158 Å². The Morgan fingerprint density at radius 1 is 1.04 bits per heavy atom. The lowest BCUT2D eigenvalue weighted by Crippen LogP contribution is -2.13. The van der Waals surface area contributed by atoms with Gasteiger partial charge in [0.2, 0.25) is 0 Å². The summed E-state index contributed by atoms with van der Waals surface area (Å²) in [7, 11) is 0. The average molecular weight is 355 g/mol. The lowest BCUT2D eigenvalue weighted by Gasteiger charge is -2.07. The van der Waals surface area contributed by atoms with E-state index in [2.05, 4.69) is 40.7 Å². The van der Waals surface area contributed by atoms with Crippen LogP contribution in [0.25, 0.3) is 10.8 Å². The van der Waals surface area contributed by atoms with Crippen molar-refractivity contribution < 1.29 is 4.79 Å². The molecule has 4 nitrogen and oxygen atoms in total. The molecule has 1 heterocycles. The van der Waals surface area contributed by atoms with E-state index in [4.69, 9.17) is 0 Å². The van der Waals surface area contributed by atoms with Crippen LogP contribution in [0.2, 0.25) is 0 Å². The standard InChI is InChI=1S/C23H21N3O/c1-16-10-11-21(17(2)12-16)23(27)25-20-13-24-26(15-20)14-19-8-5-7-18-6-3-4-9-22(18)19/h3-13,15H,14H2,1-2H3,(H,25,27). The van der Waals surface area contributed by atoms with Crippen molar-refractivity contribution >= 4 is 22.4 Å². The van der Waals surface area contributed by atoms with Gasteiger partial charge in [0.1, 0.15) is 0 Å². The summed E-state index contributed by atoms with van der Waals surface area (Å²) in [6, 6.07) is 20.4. The highest BCUT2D eigenvalue weighted by molar-refractivity contribution is 6.05. The van der Waals surface area contributed by atoms with Crippen molar-refractivity contribution in [1.82, 2.24) is 9.78 Å². The largest absolute Gasteiger partial charge is 0.319 e. The van der Waals surface area contributed by atoms with Crippen LogP contribution < -0.4 is 5.32 Å². The maximum atomic E-state index is 12.5. The minimum atomic E-state index is -0.114. The number of rotatable bonds is 4. The van der Waals surface area contributed by atoms with E-state index >= 15 is 0 Å². The fraction of sp³-hybridized carbons (Fsp3) is 0.130. The van der Waals surface area contributed by atoms with Gasteiger partial charge in [-0.3, -0.25) is 9.48 Å². The van der Waals surface area contributed by atoms with Gasteiger partial charge in [0.15, 0.2) is 0 Å². The summed E-state index contributed by atoms with van der Waals surface area (Å²) in [6.07, 6.45) is 3.55. The summed E-state index contributed by atoms with van der Waals surface area (Å²) >= 11 is 0. The Bertz CT molecular complexity index is 1120. The second-order valence-corrected chi connectivity index (χ2v) is 6.84. The number of benzene rings is 3. The summed E-state index contributed by atoms with van der Waals surface area (Å²) in [5, 5.41) is 9.78. The fourth-order valence-electron chi connectivity index (χ4n) is 3.39. The van der Waals surface area contributed by atoms with Gasteiger partial charge < -0.3 is 5.32 Å². The van der Waals surface area contributed by atoms with E-state index in [0.717, 1.165) is 11.1 Å². The van der Waals surface area contributed by atoms with Crippen molar-refractivity contribution in [2.45, 2.75) is 20.4 Å². The molecule has 134 valence electrons. The summed E-state index contributed by atoms with van der Waals surface area (Å²) in [5.41, 5.74) is 4.69. The predicted molar refractivity (Wildman–Crippen MR) is 109 cm³/mol. The molecule has 0 spiro atoms. The molecule has 1 amide bonds. The van der Waals surface area contributed by atoms with Gasteiger partial charge in [-0.2, -0.15) is 5.10 Å². The lowest BCUT2D eigenvalue weighted by atomic mass is 10.0. The predicted octanol–water partition coefficient (Wildman–Crippen LogP) is 4.95. The van der Waals surface area contributed by atoms with E-state index in [9.17, 15) is 4.79 Å². The highest BCUT2D eigenvalue weighted by atomic mass is 16.1. The smallest absolute Gasteiger partial charge is 0.256 e. The first-order chi connectivity index (χ1) is 13.1. The molecule has 4 aromatic rings. The zero-order chi connectivity index (χ0) is 18.8. The van der Waals surface area contributed by atoms with E-state index in [-0.39, 0.29) is 5.91 Å². The zero-order valence-corrected chi connectivity index (χ0v) is 15.4. The molecule has 0 saturated heterocycles. The van der Waals surface area contributed by atoms with E-state index in [1.165, 1.54) is 16.3 Å². The maximum Gasteiger partial charge on any atom is 0.256 e. The molecule has 0 atom stereocenters. The summed E-state index contributed by atoms with van der Waals surface area (Å²) < 4.78 is 1.85. The first-order valence-electron chi connectivity index (χ1n) is 8.98. The molecule has 0 fully saturated rings. The Balaban J connectivity index is 1.52. The van der Waals surface area contributed by atoms with Gasteiger partial charge in [-0.1, -0.05) is 60.2 Å². The molecular formula is C23H21N3O. The molecule has 0 unspecified atom stereocenters. The zero-order valence-electron chi connectivity index (χ0n) is 15.4. The number of carbonyl (C=O) groups is 1. The molecule has 0 aliphatic carbocycles. The number of nitrogens with zero attached hydrogens (tertiary/aromatic N) is 2. The van der Waals surface area contributed by atoms with Crippen molar-refractivity contribution in [1.29, 1.82) is 0 Å². The van der Waals surface area contributed by atoms with Crippen LogP contribution in [0.15, 0.2) is 73.1 Å². The Kier molecular flexibility index (Phi) is 4.47. The minimum absolute atomic E-state index is 0.114. The molecule has 0 aliphatic heterocycles. The number of fused-ring (bicyclic) bond motifs is 1. The molecule has 0 aliphatic rings. The topological polar surface area (TPSA) is 46.9 Å². The molecule has 0 saturated carbocycles. The quantitative estimate of drug-likeness (QED) is 0.563. The van der Waals surface area contributed by atoms with Crippen LogP contribution in [0.3, 0.4) is 0 Å². The Morgan fingerprint density at radius 3 is 2.70 bits per heavy atom. The Morgan fingerprint density at radius 2 is 1.85 bits per heavy atom. The molecule has 1 aromatic heterocycles. The van der Waals surface area contributed by atoms with E-state index in [1.807, 2.05) is 55.1 Å². The molecule has 1 N–H and O–H groups in total. The first kappa shape index (κ1) is 17.0. The van der Waals surface area contributed by atoms with Crippen molar-refractivity contribution in [3.63, 3.8) is 0 Å². The molecule has 0 bridgehead atoms. The fourth-order valence-corrected chi connectivity index (χ4v) is 3.39. The van der Waals surface area contributed by atoms with Gasteiger partial charge >= 0.3 is 0 Å². The van der Waals surface area contributed by atoms with Gasteiger partial charge in [0, 0.05) is 11.8 Å². The van der Waals surface area contributed by atoms with Gasteiger partial charge in [-0.25, -0.2) is 0 Å². The van der Waals surface area contributed by atoms with Crippen LogP contribution in [0, 0.1) is 13.8 Å². The van der Waals surface area contributed by atoms with Crippen LogP contribution in [0.4, 0.5) is 5.69 Å². The first-order valence-corrected chi connectivity index (χ1v) is 8.98. The van der Waals surface area contributed by atoms with E-state index in [0.29, 0.717) is 17.8 Å². The van der Waals surface area contributed by atoms with E-state index in [1.54, 1.807) is 6.20 Å². The highest BCUT2D eigenvalue weighted by Gasteiger charge is 2.11. The summed E-state index contributed by atoms with van der Waals surface area (Å²) in [4.78, 5) is 12.5. The van der Waals surface area contributed by atoms with Crippen LogP contribution >= 0.6 is 0 Å². The second-order valence-electron chi connectivity index (χ2n) is 6.84. The van der Waals surface area contributed by atoms with Gasteiger partial charge in [-0.05, 0) is 41.8 Å². The third-order valence-electron chi connectivity index (χ3n) is 4.73. The molecule has 4 rings (SSSR count). The van der Waals surface area contributed by atoms with Crippen molar-refractivity contribution in [3.05, 3.63) is 95.3 Å². The molecule has 0 radical (unpaired) electrons. The molecule has 27 heavy (non-hydrogen) atoms. The number of amides is 1. The number of nitrogens with one attached hydrogen (secondary N) is 1. The number of hydrogen-bond acceptors (Lipinski definition) is 2. The van der Waals surface area contributed by atoms with Crippen LogP contribution in [-0.4, -0.2) is 15.7 Å². The number of aryl methyl sites for hydroxylation is 2. The van der Waals surface area contributed by atoms with Crippen LogP contribution in [0.1, 0.15) is 27.0 Å². The summed E-state index contributed by atoms with van der Waals surface area (Å²) in [5.74, 6) is -0.114. The van der Waals surface area contributed by atoms with Crippen LogP contribution in [-0.2, 0) is 6.54 Å². The monoisotopic (exact) mass is 355 g/mol. The molecule has 3 aromatic carbocycles. The van der Waals surface area contributed by atoms with Gasteiger partial charge in [-0.15, -0.1) is 0 Å². The number of aromatic nitrogens is 2. The highest BCUT2D eigenvalue weighted by Crippen LogP contribution is 2.20. The second kappa shape index (κ2) is 7.08. The molecule has 4 heteroatoms. The maximum absolute atomic E-state index is 12.5. The van der Waals surface area contributed by atoms with E-state index < -0.39 is 0 Å². The third kappa shape index (κ3) is 3.60. The van der Waals surface area contributed by atoms with Gasteiger partial charge in [0.05, 0.1) is 18.4 Å². The van der Waals surface area contributed by atoms with Crippen LogP contribution in [0.5, 0.6) is 0 Å². The number of carbonyl (C=O) groups excluding carboxylic acids is 1. The van der Waals surface area contributed by atoms with Crippen molar-refractivity contribution in [2.24, 2.45) is 0 Å². The SMILES string of the molecule is Cc1ccc(C(=O)Nc2cnn(Cc3cccc4ccccc34)c2)c(C)c1. The number of hydrogen-bond donors (Lipinski definition) is 1. The minimum Gasteiger partial charge on any atom is -0.319 e. The molecular weight excluding hydrogens is 334 g/mol. The number of anilines is 1. The third-order valence-corrected chi connectivity index (χ3v) is 4.73. The lowest BCUT2D eigenvalue weighted by molar-refractivity contribution is 0.102. The normalized spacial score (nSPS) is 10.9. The van der Waals surface area contributed by atoms with Gasteiger partial charge in [0.25, 0.3) is 5.91 Å². The average Bonchev–Trinajstić information content (AvgIpc) is 3.09. The summed E-state index contributed by atoms with van der Waals surface area (Å²) in [6.45, 7) is 4.62.